The lowest BCUT2D eigenvalue weighted by molar-refractivity contribution is 0.102. The predicted molar refractivity (Wildman–Crippen MR) is 117 cm³/mol. The molecule has 29 heavy (non-hydrogen) atoms. The molecule has 2 heterocycles. The lowest BCUT2D eigenvalue weighted by Crippen LogP contribution is -2.29. The highest BCUT2D eigenvalue weighted by Gasteiger charge is 2.11. The van der Waals surface area contributed by atoms with Gasteiger partial charge in [0.05, 0.1) is 5.56 Å². The van der Waals surface area contributed by atoms with Gasteiger partial charge in [-0.3, -0.25) is 4.79 Å². The molecule has 0 spiro atoms. The Balaban J connectivity index is 1.38. The second-order valence-electron chi connectivity index (χ2n) is 7.28. The Bertz CT molecular complexity index is 963. The smallest absolute Gasteiger partial charge is 0.258 e. The van der Waals surface area contributed by atoms with Gasteiger partial charge in [0, 0.05) is 42.5 Å². The lowest BCUT2D eigenvalue weighted by Gasteiger charge is -2.28. The van der Waals surface area contributed by atoms with Gasteiger partial charge in [-0.05, 0) is 62.1 Å². The molecule has 0 saturated carbocycles. The van der Waals surface area contributed by atoms with Gasteiger partial charge in [-0.25, -0.2) is 9.97 Å². The van der Waals surface area contributed by atoms with Gasteiger partial charge in [0.15, 0.2) is 0 Å². The summed E-state index contributed by atoms with van der Waals surface area (Å²) in [5.41, 5.74) is 4.38. The number of para-hydroxylation sites is 1. The fourth-order valence-corrected chi connectivity index (χ4v) is 3.45. The minimum absolute atomic E-state index is 0.225. The first-order chi connectivity index (χ1) is 14.2. The van der Waals surface area contributed by atoms with Crippen LogP contribution in [0.25, 0.3) is 0 Å². The number of nitrogens with zero attached hydrogens (tertiary/aromatic N) is 3. The zero-order chi connectivity index (χ0) is 20.1. The highest BCUT2D eigenvalue weighted by molar-refractivity contribution is 6.04. The number of hydrogen-bond acceptors (Lipinski definition) is 5. The summed E-state index contributed by atoms with van der Waals surface area (Å²) in [7, 11) is 0. The molecule has 0 atom stereocenters. The van der Waals surface area contributed by atoms with Crippen LogP contribution in [0.1, 0.15) is 35.2 Å². The van der Waals surface area contributed by atoms with Crippen molar-refractivity contribution in [1.29, 1.82) is 0 Å². The molecule has 0 aliphatic carbocycles. The van der Waals surface area contributed by atoms with Gasteiger partial charge in [-0.2, -0.15) is 0 Å². The van der Waals surface area contributed by atoms with E-state index in [2.05, 4.69) is 37.6 Å². The summed E-state index contributed by atoms with van der Waals surface area (Å²) in [6, 6.07) is 16.0. The Morgan fingerprint density at radius 2 is 1.62 bits per heavy atom. The quantitative estimate of drug-likeness (QED) is 0.660. The molecule has 1 fully saturated rings. The molecule has 0 unspecified atom stereocenters. The first kappa shape index (κ1) is 18.9. The lowest BCUT2D eigenvalue weighted by atomic mass is 10.1. The third-order valence-corrected chi connectivity index (χ3v) is 5.15. The zero-order valence-corrected chi connectivity index (χ0v) is 16.6. The standard InChI is InChI=1S/C23H25N5O/c1-17-7-3-4-8-21(17)27-22(29)18-15-24-23(25-16-18)26-19-9-11-20(12-10-19)28-13-5-2-6-14-28/h3-4,7-12,15-16H,2,5-6,13-14H2,1H3,(H,27,29)(H,24,25,26). The van der Waals surface area contributed by atoms with Crippen molar-refractivity contribution in [3.63, 3.8) is 0 Å². The van der Waals surface area contributed by atoms with Crippen LogP contribution >= 0.6 is 0 Å². The van der Waals surface area contributed by atoms with Crippen LogP contribution in [0.5, 0.6) is 0 Å². The van der Waals surface area contributed by atoms with E-state index in [1.165, 1.54) is 37.3 Å². The van der Waals surface area contributed by atoms with Crippen molar-refractivity contribution in [2.75, 3.05) is 28.6 Å². The maximum absolute atomic E-state index is 12.4. The Hall–Kier alpha value is -3.41. The van der Waals surface area contributed by atoms with Crippen LogP contribution in [-0.2, 0) is 0 Å². The molecular weight excluding hydrogens is 362 g/mol. The number of aromatic nitrogens is 2. The molecule has 148 valence electrons. The van der Waals surface area contributed by atoms with E-state index in [1.54, 1.807) is 0 Å². The van der Waals surface area contributed by atoms with Crippen molar-refractivity contribution in [2.24, 2.45) is 0 Å². The van der Waals surface area contributed by atoms with E-state index in [0.29, 0.717) is 11.5 Å². The van der Waals surface area contributed by atoms with Gasteiger partial charge in [-0.1, -0.05) is 18.2 Å². The van der Waals surface area contributed by atoms with Gasteiger partial charge in [0.25, 0.3) is 5.91 Å². The number of amides is 1. The first-order valence-corrected chi connectivity index (χ1v) is 10.00. The maximum Gasteiger partial charge on any atom is 0.258 e. The number of aryl methyl sites for hydroxylation is 1. The number of nitrogens with one attached hydrogen (secondary N) is 2. The minimum atomic E-state index is -0.225. The van der Waals surface area contributed by atoms with E-state index < -0.39 is 0 Å². The Morgan fingerprint density at radius 1 is 0.931 bits per heavy atom. The molecule has 1 amide bonds. The van der Waals surface area contributed by atoms with Crippen LogP contribution in [0.3, 0.4) is 0 Å². The summed E-state index contributed by atoms with van der Waals surface area (Å²) in [6.45, 7) is 4.21. The van der Waals surface area contributed by atoms with Crippen molar-refractivity contribution >= 4 is 28.9 Å². The van der Waals surface area contributed by atoms with E-state index in [4.69, 9.17) is 0 Å². The van der Waals surface area contributed by atoms with Crippen LogP contribution in [0.2, 0.25) is 0 Å². The molecular formula is C23H25N5O. The number of rotatable bonds is 5. The molecule has 1 aromatic heterocycles. The van der Waals surface area contributed by atoms with Crippen LogP contribution in [0.15, 0.2) is 60.9 Å². The number of benzene rings is 2. The van der Waals surface area contributed by atoms with Gasteiger partial charge < -0.3 is 15.5 Å². The summed E-state index contributed by atoms with van der Waals surface area (Å²) in [4.78, 5) is 23.4. The second kappa shape index (κ2) is 8.73. The molecule has 1 aliphatic heterocycles. The Kier molecular flexibility index (Phi) is 5.70. The summed E-state index contributed by atoms with van der Waals surface area (Å²) in [6.07, 6.45) is 6.91. The highest BCUT2D eigenvalue weighted by atomic mass is 16.1. The topological polar surface area (TPSA) is 70.2 Å². The number of piperidine rings is 1. The van der Waals surface area contributed by atoms with Gasteiger partial charge in [0.2, 0.25) is 5.95 Å². The summed E-state index contributed by atoms with van der Waals surface area (Å²) in [5, 5.41) is 6.08. The molecule has 3 aromatic rings. The van der Waals surface area contributed by atoms with Crippen LogP contribution < -0.4 is 15.5 Å². The van der Waals surface area contributed by atoms with Crippen LogP contribution in [-0.4, -0.2) is 29.0 Å². The molecule has 0 radical (unpaired) electrons. The fourth-order valence-electron chi connectivity index (χ4n) is 3.45. The summed E-state index contributed by atoms with van der Waals surface area (Å²) < 4.78 is 0. The van der Waals surface area contributed by atoms with Crippen LogP contribution in [0.4, 0.5) is 23.0 Å². The summed E-state index contributed by atoms with van der Waals surface area (Å²) >= 11 is 0. The molecule has 6 nitrogen and oxygen atoms in total. The highest BCUT2D eigenvalue weighted by Crippen LogP contribution is 2.23. The summed E-state index contributed by atoms with van der Waals surface area (Å²) in [5.74, 6) is 0.236. The normalized spacial score (nSPS) is 13.8. The number of hydrogen-bond donors (Lipinski definition) is 2. The minimum Gasteiger partial charge on any atom is -0.372 e. The fraction of sp³-hybridized carbons (Fsp3) is 0.261. The second-order valence-corrected chi connectivity index (χ2v) is 7.28. The van der Waals surface area contributed by atoms with Crippen molar-refractivity contribution in [3.8, 4) is 0 Å². The van der Waals surface area contributed by atoms with Gasteiger partial charge in [0.1, 0.15) is 0 Å². The third kappa shape index (κ3) is 4.71. The van der Waals surface area contributed by atoms with E-state index in [1.807, 2.05) is 43.3 Å². The third-order valence-electron chi connectivity index (χ3n) is 5.15. The average molecular weight is 387 g/mol. The molecule has 6 heteroatoms. The average Bonchev–Trinajstić information content (AvgIpc) is 2.77. The van der Waals surface area contributed by atoms with Crippen molar-refractivity contribution in [1.82, 2.24) is 9.97 Å². The SMILES string of the molecule is Cc1ccccc1NC(=O)c1cnc(Nc2ccc(N3CCCCC3)cc2)nc1. The Labute approximate surface area is 171 Å². The molecule has 1 saturated heterocycles. The molecule has 2 N–H and O–H groups in total. The molecule has 1 aliphatic rings. The number of carbonyl (C=O) groups is 1. The molecule has 2 aromatic carbocycles. The largest absolute Gasteiger partial charge is 0.372 e. The predicted octanol–water partition coefficient (Wildman–Crippen LogP) is 4.77. The van der Waals surface area contributed by atoms with E-state index in [0.717, 1.165) is 30.0 Å². The molecule has 0 bridgehead atoms. The van der Waals surface area contributed by atoms with E-state index in [9.17, 15) is 4.79 Å². The number of anilines is 4. The van der Waals surface area contributed by atoms with Crippen molar-refractivity contribution in [2.45, 2.75) is 26.2 Å². The van der Waals surface area contributed by atoms with Gasteiger partial charge >= 0.3 is 0 Å². The Morgan fingerprint density at radius 3 is 2.31 bits per heavy atom. The maximum atomic E-state index is 12.4. The van der Waals surface area contributed by atoms with E-state index in [-0.39, 0.29) is 5.91 Å². The van der Waals surface area contributed by atoms with Crippen LogP contribution in [0, 0.1) is 6.92 Å². The van der Waals surface area contributed by atoms with Crippen molar-refractivity contribution < 1.29 is 4.79 Å². The van der Waals surface area contributed by atoms with Crippen molar-refractivity contribution in [3.05, 3.63) is 72.1 Å². The van der Waals surface area contributed by atoms with E-state index >= 15 is 0 Å². The van der Waals surface area contributed by atoms with Gasteiger partial charge in [-0.15, -0.1) is 0 Å². The zero-order valence-electron chi connectivity index (χ0n) is 16.6. The molecule has 4 rings (SSSR count). The number of carbonyl (C=O) groups excluding carboxylic acids is 1. The monoisotopic (exact) mass is 387 g/mol. The first-order valence-electron chi connectivity index (χ1n) is 10.00.